The molecule has 0 bridgehead atoms. The van der Waals surface area contributed by atoms with E-state index in [4.69, 9.17) is 4.74 Å². The van der Waals surface area contributed by atoms with E-state index in [9.17, 15) is 4.79 Å². The molecule has 9 heteroatoms. The fourth-order valence-electron chi connectivity index (χ4n) is 3.58. The molecule has 0 atom stereocenters. The molecule has 1 fully saturated rings. The third-order valence-electron chi connectivity index (χ3n) is 5.23. The Morgan fingerprint density at radius 1 is 1.26 bits per heavy atom. The zero-order valence-corrected chi connectivity index (χ0v) is 18.7. The number of anilines is 1. The summed E-state index contributed by atoms with van der Waals surface area (Å²) in [4.78, 5) is 22.0. The van der Waals surface area contributed by atoms with Crippen molar-refractivity contribution in [1.82, 2.24) is 20.0 Å². The molecule has 31 heavy (non-hydrogen) atoms. The first-order chi connectivity index (χ1) is 15.1. The number of nitrogens with zero attached hydrogens (tertiary/aromatic N) is 5. The number of aryl methyl sites for hydroxylation is 1. The fraction of sp³-hybridized carbons (Fsp3) is 0.318. The van der Waals surface area contributed by atoms with Gasteiger partial charge in [0, 0.05) is 38.3 Å². The molecule has 4 rings (SSSR count). The Kier molecular flexibility index (Phi) is 6.22. The topological polar surface area (TPSA) is 75.0 Å². The van der Waals surface area contributed by atoms with E-state index in [-0.39, 0.29) is 12.5 Å². The molecule has 0 spiro atoms. The van der Waals surface area contributed by atoms with Crippen LogP contribution in [0.5, 0.6) is 5.75 Å². The average molecular weight is 439 g/mol. The van der Waals surface area contributed by atoms with Gasteiger partial charge in [-0.05, 0) is 34.7 Å². The number of methoxy groups -OCH3 is 1. The van der Waals surface area contributed by atoms with E-state index >= 15 is 0 Å². The highest BCUT2D eigenvalue weighted by molar-refractivity contribution is 7.10. The lowest BCUT2D eigenvalue weighted by molar-refractivity contribution is -0.120. The number of benzene rings is 1. The summed E-state index contributed by atoms with van der Waals surface area (Å²) < 4.78 is 6.93. The first-order valence-electron chi connectivity index (χ1n) is 10.0. The maximum atomic E-state index is 12.7. The van der Waals surface area contributed by atoms with Crippen molar-refractivity contribution < 1.29 is 9.53 Å². The van der Waals surface area contributed by atoms with E-state index in [2.05, 4.69) is 39.0 Å². The average Bonchev–Trinajstić information content (AvgIpc) is 3.43. The van der Waals surface area contributed by atoms with Gasteiger partial charge in [-0.2, -0.15) is 5.10 Å². The van der Waals surface area contributed by atoms with Crippen molar-refractivity contribution in [2.45, 2.75) is 6.54 Å². The van der Waals surface area contributed by atoms with Crippen LogP contribution in [0.3, 0.4) is 0 Å². The summed E-state index contributed by atoms with van der Waals surface area (Å²) in [6, 6.07) is 10.2. The SMILES string of the molecule is CN=C(NCc1cc(-c2ccc(OC)cc2)cs1)N1CCN(c2cnn(C)c2)C(=O)C1. The van der Waals surface area contributed by atoms with Gasteiger partial charge < -0.3 is 19.9 Å². The number of aromatic nitrogens is 2. The normalized spacial score (nSPS) is 14.8. The number of rotatable bonds is 5. The van der Waals surface area contributed by atoms with Gasteiger partial charge in [-0.3, -0.25) is 14.5 Å². The summed E-state index contributed by atoms with van der Waals surface area (Å²) in [6.45, 7) is 2.26. The maximum Gasteiger partial charge on any atom is 0.246 e. The molecule has 0 saturated carbocycles. The summed E-state index contributed by atoms with van der Waals surface area (Å²) in [5, 5.41) is 9.71. The molecule has 1 N–H and O–H groups in total. The highest BCUT2D eigenvalue weighted by atomic mass is 32.1. The minimum absolute atomic E-state index is 0.0418. The Morgan fingerprint density at radius 2 is 2.06 bits per heavy atom. The monoisotopic (exact) mass is 438 g/mol. The molecule has 2 aromatic heterocycles. The molecule has 162 valence electrons. The van der Waals surface area contributed by atoms with E-state index in [0.717, 1.165) is 23.0 Å². The highest BCUT2D eigenvalue weighted by Gasteiger charge is 2.27. The Hall–Kier alpha value is -3.33. The van der Waals surface area contributed by atoms with Gasteiger partial charge in [0.15, 0.2) is 5.96 Å². The van der Waals surface area contributed by atoms with Crippen molar-refractivity contribution in [1.29, 1.82) is 0 Å². The van der Waals surface area contributed by atoms with Crippen molar-refractivity contribution in [3.63, 3.8) is 0 Å². The summed E-state index contributed by atoms with van der Waals surface area (Å²) in [5.41, 5.74) is 3.17. The van der Waals surface area contributed by atoms with Crippen LogP contribution in [0.4, 0.5) is 5.69 Å². The van der Waals surface area contributed by atoms with Crippen LogP contribution in [0.2, 0.25) is 0 Å². The number of ether oxygens (including phenoxy) is 1. The van der Waals surface area contributed by atoms with Gasteiger partial charge in [0.25, 0.3) is 0 Å². The van der Waals surface area contributed by atoms with E-state index in [1.165, 1.54) is 10.4 Å². The van der Waals surface area contributed by atoms with Gasteiger partial charge in [0.1, 0.15) is 12.3 Å². The standard InChI is InChI=1S/C22H26N6O2S/c1-23-22(27-8-9-28(21(29)14-27)18-11-25-26(2)13-18)24-12-20-10-17(15-31-20)16-4-6-19(30-3)7-5-16/h4-7,10-11,13,15H,8-9,12,14H2,1-3H3,(H,23,24). The van der Waals surface area contributed by atoms with E-state index in [0.29, 0.717) is 19.6 Å². The fourth-order valence-corrected chi connectivity index (χ4v) is 4.41. The molecule has 1 aromatic carbocycles. The zero-order valence-electron chi connectivity index (χ0n) is 17.9. The van der Waals surface area contributed by atoms with Crippen LogP contribution < -0.4 is 15.0 Å². The Labute approximate surface area is 185 Å². The molecule has 1 aliphatic rings. The smallest absolute Gasteiger partial charge is 0.246 e. The summed E-state index contributed by atoms with van der Waals surface area (Å²) in [6.07, 6.45) is 3.58. The number of thiophene rings is 1. The van der Waals surface area contributed by atoms with Gasteiger partial charge in [0.2, 0.25) is 5.91 Å². The van der Waals surface area contributed by atoms with Gasteiger partial charge in [0.05, 0.1) is 25.5 Å². The molecule has 0 radical (unpaired) electrons. The van der Waals surface area contributed by atoms with Crippen LogP contribution in [0, 0.1) is 0 Å². The third kappa shape index (κ3) is 4.72. The summed E-state index contributed by atoms with van der Waals surface area (Å²) in [5.74, 6) is 1.63. The minimum atomic E-state index is 0.0418. The Bertz CT molecular complexity index is 1070. The van der Waals surface area contributed by atoms with Crippen molar-refractivity contribution in [2.75, 3.05) is 38.7 Å². The van der Waals surface area contributed by atoms with E-state index < -0.39 is 0 Å². The number of carbonyl (C=O) groups is 1. The van der Waals surface area contributed by atoms with Crippen molar-refractivity contribution >= 4 is 28.9 Å². The number of hydrogen-bond donors (Lipinski definition) is 1. The molecule has 1 saturated heterocycles. The first kappa shape index (κ1) is 20.9. The lowest BCUT2D eigenvalue weighted by Gasteiger charge is -2.35. The third-order valence-corrected chi connectivity index (χ3v) is 6.17. The highest BCUT2D eigenvalue weighted by Crippen LogP contribution is 2.27. The molecule has 1 aliphatic heterocycles. The predicted molar refractivity (Wildman–Crippen MR) is 124 cm³/mol. The second-order valence-corrected chi connectivity index (χ2v) is 8.27. The quantitative estimate of drug-likeness (QED) is 0.490. The molecule has 3 heterocycles. The number of aliphatic imine (C=N–C) groups is 1. The molecule has 8 nitrogen and oxygen atoms in total. The van der Waals surface area contributed by atoms with Crippen molar-refractivity contribution in [3.05, 3.63) is 53.0 Å². The van der Waals surface area contributed by atoms with Crippen LogP contribution in [0.25, 0.3) is 11.1 Å². The molecule has 0 aliphatic carbocycles. The second-order valence-electron chi connectivity index (χ2n) is 7.27. The molecular formula is C22H26N6O2S. The van der Waals surface area contributed by atoms with Gasteiger partial charge in [-0.1, -0.05) is 12.1 Å². The van der Waals surface area contributed by atoms with E-state index in [1.807, 2.05) is 30.3 Å². The number of nitrogens with one attached hydrogen (secondary N) is 1. The van der Waals surface area contributed by atoms with Crippen LogP contribution in [-0.2, 0) is 18.4 Å². The summed E-state index contributed by atoms with van der Waals surface area (Å²) >= 11 is 1.70. The van der Waals surface area contributed by atoms with Gasteiger partial charge >= 0.3 is 0 Å². The number of hydrogen-bond acceptors (Lipinski definition) is 5. The van der Waals surface area contributed by atoms with Gasteiger partial charge in [-0.25, -0.2) is 0 Å². The number of guanidine groups is 1. The Morgan fingerprint density at radius 3 is 2.71 bits per heavy atom. The van der Waals surface area contributed by atoms with E-state index in [1.54, 1.807) is 41.3 Å². The van der Waals surface area contributed by atoms with Gasteiger partial charge in [-0.15, -0.1) is 11.3 Å². The minimum Gasteiger partial charge on any atom is -0.497 e. The van der Waals surface area contributed by atoms with Crippen LogP contribution in [0.15, 0.2) is 53.1 Å². The number of piperazine rings is 1. The zero-order chi connectivity index (χ0) is 21.8. The maximum absolute atomic E-state index is 12.7. The lowest BCUT2D eigenvalue weighted by Crippen LogP contribution is -2.55. The van der Waals surface area contributed by atoms with Crippen LogP contribution in [-0.4, -0.2) is 60.3 Å². The second kappa shape index (κ2) is 9.22. The summed E-state index contributed by atoms with van der Waals surface area (Å²) in [7, 11) is 5.26. The molecule has 3 aromatic rings. The lowest BCUT2D eigenvalue weighted by atomic mass is 10.1. The first-order valence-corrected chi connectivity index (χ1v) is 10.9. The molecule has 1 amide bonds. The largest absolute Gasteiger partial charge is 0.497 e. The molecule has 0 unspecified atom stereocenters. The molecular weight excluding hydrogens is 412 g/mol. The van der Waals surface area contributed by atoms with Crippen LogP contribution in [0.1, 0.15) is 4.88 Å². The van der Waals surface area contributed by atoms with Crippen molar-refractivity contribution in [2.24, 2.45) is 12.0 Å². The Balaban J connectivity index is 1.35. The number of carbonyl (C=O) groups excluding carboxylic acids is 1. The number of amides is 1. The predicted octanol–water partition coefficient (Wildman–Crippen LogP) is 2.58. The van der Waals surface area contributed by atoms with Crippen LogP contribution >= 0.6 is 11.3 Å². The van der Waals surface area contributed by atoms with Crippen molar-refractivity contribution in [3.8, 4) is 16.9 Å².